The third kappa shape index (κ3) is 2.93. The van der Waals surface area contributed by atoms with E-state index < -0.39 is 0 Å². The van der Waals surface area contributed by atoms with Gasteiger partial charge in [-0.2, -0.15) is 10.2 Å². The fourth-order valence-corrected chi connectivity index (χ4v) is 2.83. The van der Waals surface area contributed by atoms with Crippen LogP contribution in [0.2, 0.25) is 0 Å². The van der Waals surface area contributed by atoms with Crippen LogP contribution in [0.15, 0.2) is 43.2 Å². The highest BCUT2D eigenvalue weighted by molar-refractivity contribution is 5.35. The second-order valence-electron chi connectivity index (χ2n) is 5.60. The van der Waals surface area contributed by atoms with Gasteiger partial charge < -0.3 is 10.6 Å². The third-order valence-corrected chi connectivity index (χ3v) is 3.97. The monoisotopic (exact) mass is 310 g/mol. The van der Waals surface area contributed by atoms with Gasteiger partial charge in [0, 0.05) is 49.9 Å². The van der Waals surface area contributed by atoms with E-state index in [1.165, 1.54) is 6.33 Å². The summed E-state index contributed by atoms with van der Waals surface area (Å²) >= 11 is 0. The van der Waals surface area contributed by atoms with Crippen LogP contribution >= 0.6 is 0 Å². The van der Waals surface area contributed by atoms with Crippen LogP contribution < -0.4 is 10.6 Å². The van der Waals surface area contributed by atoms with Gasteiger partial charge in [-0.3, -0.25) is 0 Å². The van der Waals surface area contributed by atoms with E-state index in [4.69, 9.17) is 0 Å². The van der Waals surface area contributed by atoms with Crippen LogP contribution in [-0.2, 0) is 13.1 Å². The van der Waals surface area contributed by atoms with E-state index in [2.05, 4.69) is 36.9 Å². The first-order valence-corrected chi connectivity index (χ1v) is 7.65. The maximum absolute atomic E-state index is 4.40. The van der Waals surface area contributed by atoms with Crippen molar-refractivity contribution in [2.24, 2.45) is 5.92 Å². The van der Waals surface area contributed by atoms with Gasteiger partial charge in [0.1, 0.15) is 18.5 Å². The molecule has 23 heavy (non-hydrogen) atoms. The van der Waals surface area contributed by atoms with Gasteiger partial charge in [0.25, 0.3) is 0 Å². The first-order chi connectivity index (χ1) is 11.4. The summed E-state index contributed by atoms with van der Waals surface area (Å²) in [6.45, 7) is 3.55. The first-order valence-electron chi connectivity index (χ1n) is 7.65. The minimum Gasteiger partial charge on any atom is -0.370 e. The number of aromatic nitrogens is 6. The molecule has 0 bridgehead atoms. The highest BCUT2D eigenvalue weighted by Crippen LogP contribution is 2.16. The van der Waals surface area contributed by atoms with Crippen molar-refractivity contribution in [1.29, 1.82) is 0 Å². The Hall–Kier alpha value is -2.74. The Kier molecular flexibility index (Phi) is 3.73. The summed E-state index contributed by atoms with van der Waals surface area (Å²) in [6.07, 6.45) is 6.78. The maximum atomic E-state index is 4.40. The molecule has 4 rings (SSSR count). The third-order valence-electron chi connectivity index (χ3n) is 3.97. The Balaban J connectivity index is 1.37. The molecule has 0 saturated heterocycles. The van der Waals surface area contributed by atoms with Crippen LogP contribution in [0, 0.1) is 5.92 Å². The molecule has 0 aliphatic carbocycles. The molecule has 118 valence electrons. The zero-order chi connectivity index (χ0) is 15.5. The summed E-state index contributed by atoms with van der Waals surface area (Å²) < 4.78 is 3.70. The molecular weight excluding hydrogens is 292 g/mol. The predicted octanol–water partition coefficient (Wildman–Crippen LogP) is 0.690. The van der Waals surface area contributed by atoms with Crippen molar-refractivity contribution in [3.8, 4) is 5.82 Å². The van der Waals surface area contributed by atoms with Gasteiger partial charge in [0.15, 0.2) is 5.82 Å². The Morgan fingerprint density at radius 2 is 2.26 bits per heavy atom. The zero-order valence-corrected chi connectivity index (χ0v) is 12.6. The van der Waals surface area contributed by atoms with Gasteiger partial charge in [-0.25, -0.2) is 19.3 Å². The topological polar surface area (TPSA) is 85.5 Å². The molecule has 0 aromatic carbocycles. The summed E-state index contributed by atoms with van der Waals surface area (Å²) in [7, 11) is 0. The fourth-order valence-electron chi connectivity index (χ4n) is 2.83. The molecule has 0 amide bonds. The Morgan fingerprint density at radius 1 is 1.26 bits per heavy atom. The number of hydrogen-bond donors (Lipinski definition) is 2. The predicted molar refractivity (Wildman–Crippen MR) is 85.1 cm³/mol. The Labute approximate surface area is 133 Å². The lowest BCUT2D eigenvalue weighted by molar-refractivity contribution is 0.391. The zero-order valence-electron chi connectivity index (χ0n) is 12.6. The molecule has 2 N–H and O–H groups in total. The average molecular weight is 310 g/mol. The lowest BCUT2D eigenvalue weighted by atomic mass is 10.1. The minimum atomic E-state index is 0.508. The second-order valence-corrected chi connectivity index (χ2v) is 5.60. The van der Waals surface area contributed by atoms with Gasteiger partial charge in [-0.05, 0) is 6.07 Å². The maximum Gasteiger partial charge on any atom is 0.159 e. The number of anilines is 1. The molecule has 1 atom stereocenters. The van der Waals surface area contributed by atoms with Crippen LogP contribution in [0.25, 0.3) is 5.82 Å². The average Bonchev–Trinajstić information content (AvgIpc) is 3.26. The lowest BCUT2D eigenvalue weighted by Gasteiger charge is -2.25. The van der Waals surface area contributed by atoms with Crippen molar-refractivity contribution in [3.63, 3.8) is 0 Å². The minimum absolute atomic E-state index is 0.508. The van der Waals surface area contributed by atoms with Crippen LogP contribution in [-0.4, -0.2) is 42.6 Å². The van der Waals surface area contributed by atoms with Gasteiger partial charge in [-0.1, -0.05) is 6.07 Å². The first kappa shape index (κ1) is 13.9. The van der Waals surface area contributed by atoms with Crippen molar-refractivity contribution in [2.75, 3.05) is 18.4 Å². The van der Waals surface area contributed by atoms with E-state index in [1.807, 2.05) is 23.0 Å². The van der Waals surface area contributed by atoms with Gasteiger partial charge >= 0.3 is 0 Å². The molecule has 3 aromatic rings. The molecule has 4 heterocycles. The van der Waals surface area contributed by atoms with Gasteiger partial charge in [-0.15, -0.1) is 0 Å². The van der Waals surface area contributed by atoms with E-state index in [1.54, 1.807) is 17.2 Å². The normalized spacial score (nSPS) is 16.8. The number of hydrogen-bond acceptors (Lipinski definition) is 6. The summed E-state index contributed by atoms with van der Waals surface area (Å²) in [5, 5.41) is 15.4. The molecule has 8 nitrogen and oxygen atoms in total. The molecule has 0 spiro atoms. The summed E-state index contributed by atoms with van der Waals surface area (Å²) in [5.41, 5.74) is 1.10. The number of rotatable bonds is 5. The summed E-state index contributed by atoms with van der Waals surface area (Å²) in [4.78, 5) is 8.39. The largest absolute Gasteiger partial charge is 0.370 e. The van der Waals surface area contributed by atoms with E-state index in [0.717, 1.165) is 43.4 Å². The van der Waals surface area contributed by atoms with E-state index in [-0.39, 0.29) is 0 Å². The molecule has 0 saturated carbocycles. The highest BCUT2D eigenvalue weighted by atomic mass is 15.3. The van der Waals surface area contributed by atoms with E-state index in [0.29, 0.717) is 5.92 Å². The van der Waals surface area contributed by atoms with E-state index >= 15 is 0 Å². The van der Waals surface area contributed by atoms with Crippen molar-refractivity contribution >= 4 is 5.82 Å². The Morgan fingerprint density at radius 3 is 3.17 bits per heavy atom. The Bertz CT molecular complexity index is 763. The molecule has 0 fully saturated rings. The molecule has 8 heteroatoms. The number of nitrogens with zero attached hydrogens (tertiary/aromatic N) is 6. The van der Waals surface area contributed by atoms with Crippen molar-refractivity contribution in [3.05, 3.63) is 48.8 Å². The van der Waals surface area contributed by atoms with Crippen molar-refractivity contribution < 1.29 is 0 Å². The van der Waals surface area contributed by atoms with Crippen molar-refractivity contribution in [2.45, 2.75) is 13.1 Å². The lowest BCUT2D eigenvalue weighted by Crippen LogP contribution is -2.35. The van der Waals surface area contributed by atoms with Crippen LogP contribution in [0.1, 0.15) is 5.56 Å². The quantitative estimate of drug-likeness (QED) is 0.721. The number of nitrogens with one attached hydrogen (secondary N) is 2. The molecule has 0 unspecified atom stereocenters. The molecule has 3 aromatic heterocycles. The second kappa shape index (κ2) is 6.17. The van der Waals surface area contributed by atoms with Gasteiger partial charge in [0.2, 0.25) is 0 Å². The molecule has 0 radical (unpaired) electrons. The van der Waals surface area contributed by atoms with Crippen LogP contribution in [0.3, 0.4) is 0 Å². The summed E-state index contributed by atoms with van der Waals surface area (Å²) in [5.74, 6) is 2.42. The molecule has 1 aliphatic rings. The molecule has 1 aliphatic heterocycles. The fraction of sp³-hybridized carbons (Fsp3) is 0.333. The number of pyridine rings is 1. The SMILES string of the molecule is c1cnc(-n2cncn2)c(CNC[C@@H]2CNc3ccnn3C2)c1. The van der Waals surface area contributed by atoms with Crippen LogP contribution in [0.4, 0.5) is 5.82 Å². The summed E-state index contributed by atoms with van der Waals surface area (Å²) in [6, 6.07) is 6.00. The van der Waals surface area contributed by atoms with E-state index in [9.17, 15) is 0 Å². The number of fused-ring (bicyclic) bond motifs is 1. The standard InChI is InChI=1S/C15H18N8/c1-2-13(15(18-4-1)23-11-17-10-21-23)8-16-6-12-7-19-14-3-5-20-22(14)9-12/h1-5,10-12,16,19H,6-9H2/t12-/m1/s1. The van der Waals surface area contributed by atoms with Crippen molar-refractivity contribution in [1.82, 2.24) is 34.8 Å². The van der Waals surface area contributed by atoms with Gasteiger partial charge in [0.05, 0.1) is 6.20 Å². The molecular formula is C15H18N8. The smallest absolute Gasteiger partial charge is 0.159 e. The highest BCUT2D eigenvalue weighted by Gasteiger charge is 2.17. The van der Waals surface area contributed by atoms with Crippen LogP contribution in [0.5, 0.6) is 0 Å².